The van der Waals surface area contributed by atoms with E-state index in [2.05, 4.69) is 26.0 Å². The summed E-state index contributed by atoms with van der Waals surface area (Å²) in [5, 5.41) is 4.46. The number of benzene rings is 1. The number of aryl methyl sites for hydroxylation is 1. The fraction of sp³-hybridized carbons (Fsp3) is 0.375. The van der Waals surface area contributed by atoms with Gasteiger partial charge in [0.25, 0.3) is 5.91 Å². The average Bonchev–Trinajstić information content (AvgIpc) is 2.95. The standard InChI is InChI=1S/C16H17BrClN3O2/c1-11-8-13(23-19-11)10-20-4-6-21(7-5-20)16(22)14-9-12(18)2-3-15(14)17/h2-3,8-9H,4-7,10H2,1H3. The van der Waals surface area contributed by atoms with Crippen LogP contribution in [0.4, 0.5) is 0 Å². The normalized spacial score (nSPS) is 15.9. The molecule has 1 amide bonds. The number of rotatable bonds is 3. The van der Waals surface area contributed by atoms with Crippen molar-refractivity contribution in [3.05, 3.63) is 50.8 Å². The number of carbonyl (C=O) groups excluding carboxylic acids is 1. The van der Waals surface area contributed by atoms with Crippen LogP contribution >= 0.6 is 27.5 Å². The van der Waals surface area contributed by atoms with Gasteiger partial charge in [-0.1, -0.05) is 16.8 Å². The highest BCUT2D eigenvalue weighted by atomic mass is 79.9. The summed E-state index contributed by atoms with van der Waals surface area (Å²) in [6.07, 6.45) is 0. The summed E-state index contributed by atoms with van der Waals surface area (Å²) in [5.74, 6) is 0.870. The van der Waals surface area contributed by atoms with Crippen molar-refractivity contribution in [3.63, 3.8) is 0 Å². The van der Waals surface area contributed by atoms with Gasteiger partial charge >= 0.3 is 0 Å². The Labute approximate surface area is 148 Å². The van der Waals surface area contributed by atoms with Gasteiger partial charge in [0.1, 0.15) is 0 Å². The van der Waals surface area contributed by atoms with Gasteiger partial charge in [-0.3, -0.25) is 9.69 Å². The zero-order chi connectivity index (χ0) is 16.4. The van der Waals surface area contributed by atoms with E-state index >= 15 is 0 Å². The third-order valence-electron chi connectivity index (χ3n) is 3.87. The van der Waals surface area contributed by atoms with E-state index in [-0.39, 0.29) is 5.91 Å². The van der Waals surface area contributed by atoms with Crippen LogP contribution in [0.25, 0.3) is 0 Å². The van der Waals surface area contributed by atoms with Crippen molar-refractivity contribution >= 4 is 33.4 Å². The molecule has 1 saturated heterocycles. The van der Waals surface area contributed by atoms with Gasteiger partial charge in [-0.05, 0) is 41.1 Å². The van der Waals surface area contributed by atoms with E-state index in [0.29, 0.717) is 23.7 Å². The van der Waals surface area contributed by atoms with Crippen molar-refractivity contribution in [1.29, 1.82) is 0 Å². The Morgan fingerprint density at radius 3 is 2.70 bits per heavy atom. The molecule has 1 aliphatic rings. The van der Waals surface area contributed by atoms with Crippen molar-refractivity contribution in [2.24, 2.45) is 0 Å². The van der Waals surface area contributed by atoms with Crippen LogP contribution in [0.1, 0.15) is 21.8 Å². The first-order valence-corrected chi connectivity index (χ1v) is 8.59. The lowest BCUT2D eigenvalue weighted by Gasteiger charge is -2.34. The second kappa shape index (κ2) is 7.03. The molecule has 0 N–H and O–H groups in total. The van der Waals surface area contributed by atoms with Gasteiger partial charge in [0.05, 0.1) is 17.8 Å². The topological polar surface area (TPSA) is 49.6 Å². The number of nitrogens with zero attached hydrogens (tertiary/aromatic N) is 3. The van der Waals surface area contributed by atoms with Gasteiger partial charge in [0.15, 0.2) is 5.76 Å². The number of halogens is 2. The molecule has 0 bridgehead atoms. The van der Waals surface area contributed by atoms with Gasteiger partial charge < -0.3 is 9.42 Å². The largest absolute Gasteiger partial charge is 0.360 e. The van der Waals surface area contributed by atoms with Gasteiger partial charge in [-0.15, -0.1) is 0 Å². The highest BCUT2D eigenvalue weighted by molar-refractivity contribution is 9.10. The molecule has 122 valence electrons. The van der Waals surface area contributed by atoms with Gasteiger partial charge in [-0.2, -0.15) is 0 Å². The molecule has 3 rings (SSSR count). The Kier molecular flexibility index (Phi) is 5.04. The first-order chi connectivity index (χ1) is 11.0. The lowest BCUT2D eigenvalue weighted by molar-refractivity contribution is 0.0616. The molecule has 0 spiro atoms. The summed E-state index contributed by atoms with van der Waals surface area (Å²) < 4.78 is 6.02. The summed E-state index contributed by atoms with van der Waals surface area (Å²) in [5.41, 5.74) is 1.50. The molecule has 2 heterocycles. The molecule has 0 aliphatic carbocycles. The first kappa shape index (κ1) is 16.5. The van der Waals surface area contributed by atoms with Gasteiger partial charge in [0.2, 0.25) is 0 Å². The quantitative estimate of drug-likeness (QED) is 0.795. The van der Waals surface area contributed by atoms with Crippen molar-refractivity contribution in [2.75, 3.05) is 26.2 Å². The molecule has 1 fully saturated rings. The molecular formula is C16H17BrClN3O2. The van der Waals surface area contributed by atoms with E-state index in [0.717, 1.165) is 35.6 Å². The number of hydrogen-bond donors (Lipinski definition) is 0. The maximum atomic E-state index is 12.6. The third kappa shape index (κ3) is 3.94. The fourth-order valence-electron chi connectivity index (χ4n) is 2.65. The summed E-state index contributed by atoms with van der Waals surface area (Å²) >= 11 is 9.42. The Hall–Kier alpha value is -1.37. The first-order valence-electron chi connectivity index (χ1n) is 7.42. The minimum Gasteiger partial charge on any atom is -0.360 e. The second-order valence-electron chi connectivity index (χ2n) is 5.63. The molecule has 0 atom stereocenters. The summed E-state index contributed by atoms with van der Waals surface area (Å²) in [7, 11) is 0. The van der Waals surface area contributed by atoms with E-state index in [4.69, 9.17) is 16.1 Å². The van der Waals surface area contributed by atoms with E-state index in [1.165, 1.54) is 0 Å². The fourth-order valence-corrected chi connectivity index (χ4v) is 3.24. The summed E-state index contributed by atoms with van der Waals surface area (Å²) in [6.45, 7) is 5.62. The lowest BCUT2D eigenvalue weighted by Crippen LogP contribution is -2.48. The van der Waals surface area contributed by atoms with Gasteiger partial charge in [-0.25, -0.2) is 0 Å². The van der Waals surface area contributed by atoms with E-state index < -0.39 is 0 Å². The second-order valence-corrected chi connectivity index (χ2v) is 6.92. The van der Waals surface area contributed by atoms with Crippen molar-refractivity contribution in [3.8, 4) is 0 Å². The molecule has 0 unspecified atom stereocenters. The molecule has 1 aromatic heterocycles. The van der Waals surface area contributed by atoms with Crippen molar-refractivity contribution in [1.82, 2.24) is 15.0 Å². The minimum atomic E-state index is 0.00883. The highest BCUT2D eigenvalue weighted by Gasteiger charge is 2.24. The predicted octanol–water partition coefficient (Wildman–Crippen LogP) is 3.36. The van der Waals surface area contributed by atoms with Crippen molar-refractivity contribution < 1.29 is 9.32 Å². The molecular weight excluding hydrogens is 382 g/mol. The molecule has 7 heteroatoms. The number of amides is 1. The smallest absolute Gasteiger partial charge is 0.255 e. The van der Waals surface area contributed by atoms with E-state index in [9.17, 15) is 4.79 Å². The van der Waals surface area contributed by atoms with Crippen LogP contribution in [0, 0.1) is 6.92 Å². The van der Waals surface area contributed by atoms with Crippen LogP contribution in [-0.2, 0) is 6.54 Å². The van der Waals surface area contributed by atoms with Crippen LogP contribution in [0.3, 0.4) is 0 Å². The van der Waals surface area contributed by atoms with E-state index in [1.807, 2.05) is 17.9 Å². The molecule has 23 heavy (non-hydrogen) atoms. The molecule has 0 saturated carbocycles. The highest BCUT2D eigenvalue weighted by Crippen LogP contribution is 2.23. The molecule has 2 aromatic rings. The van der Waals surface area contributed by atoms with Crippen LogP contribution < -0.4 is 0 Å². The number of piperazine rings is 1. The Morgan fingerprint density at radius 2 is 2.04 bits per heavy atom. The lowest BCUT2D eigenvalue weighted by atomic mass is 10.2. The predicted molar refractivity (Wildman–Crippen MR) is 91.6 cm³/mol. The summed E-state index contributed by atoms with van der Waals surface area (Å²) in [6, 6.07) is 7.22. The van der Waals surface area contributed by atoms with Crippen LogP contribution in [-0.4, -0.2) is 47.0 Å². The number of aromatic nitrogens is 1. The Morgan fingerprint density at radius 1 is 1.30 bits per heavy atom. The van der Waals surface area contributed by atoms with Crippen LogP contribution in [0.2, 0.25) is 5.02 Å². The molecule has 1 aliphatic heterocycles. The zero-order valence-corrected chi connectivity index (χ0v) is 15.1. The van der Waals surface area contributed by atoms with Crippen LogP contribution in [0.5, 0.6) is 0 Å². The van der Waals surface area contributed by atoms with Crippen LogP contribution in [0.15, 0.2) is 33.3 Å². The van der Waals surface area contributed by atoms with Crippen molar-refractivity contribution in [2.45, 2.75) is 13.5 Å². The Balaban J connectivity index is 1.60. The maximum absolute atomic E-state index is 12.6. The maximum Gasteiger partial charge on any atom is 0.255 e. The molecule has 1 aromatic carbocycles. The van der Waals surface area contributed by atoms with Gasteiger partial charge in [0, 0.05) is 41.7 Å². The molecule has 5 nitrogen and oxygen atoms in total. The monoisotopic (exact) mass is 397 g/mol. The number of hydrogen-bond acceptors (Lipinski definition) is 4. The molecule has 0 radical (unpaired) electrons. The minimum absolute atomic E-state index is 0.00883. The third-order valence-corrected chi connectivity index (χ3v) is 4.80. The summed E-state index contributed by atoms with van der Waals surface area (Å²) in [4.78, 5) is 16.8. The number of carbonyl (C=O) groups is 1. The zero-order valence-electron chi connectivity index (χ0n) is 12.8. The average molecular weight is 399 g/mol. The Bertz CT molecular complexity index is 711. The van der Waals surface area contributed by atoms with E-state index in [1.54, 1.807) is 18.2 Å². The SMILES string of the molecule is Cc1cc(CN2CCN(C(=O)c3cc(Cl)ccc3Br)CC2)on1.